The summed E-state index contributed by atoms with van der Waals surface area (Å²) in [7, 11) is 0. The normalized spacial score (nSPS) is 10.7. The van der Waals surface area contributed by atoms with Gasteiger partial charge in [0.1, 0.15) is 5.82 Å². The highest BCUT2D eigenvalue weighted by molar-refractivity contribution is 9.11. The Balaban J connectivity index is 2.52. The number of hydrogen-bond acceptors (Lipinski definition) is 3. The number of carbonyl (C=O) groups excluding carboxylic acids is 1. The molecular weight excluding hydrogens is 341 g/mol. The van der Waals surface area contributed by atoms with Crippen molar-refractivity contribution >= 4 is 50.3 Å². The third-order valence-corrected chi connectivity index (χ3v) is 4.86. The summed E-state index contributed by atoms with van der Waals surface area (Å²) >= 11 is 10.2. The van der Waals surface area contributed by atoms with E-state index < -0.39 is 11.6 Å². The minimum atomic E-state index is -0.546. The summed E-state index contributed by atoms with van der Waals surface area (Å²) in [6.07, 6.45) is 0. The Hall–Kier alpha value is -0.910. The van der Waals surface area contributed by atoms with Gasteiger partial charge < -0.3 is 5.73 Å². The Morgan fingerprint density at radius 1 is 1.44 bits per heavy atom. The lowest BCUT2D eigenvalue weighted by Crippen LogP contribution is -2.05. The molecule has 2 aromatic rings. The second-order valence-corrected chi connectivity index (χ2v) is 6.54. The molecule has 0 fully saturated rings. The summed E-state index contributed by atoms with van der Waals surface area (Å²) in [5, 5.41) is 0.435. The van der Waals surface area contributed by atoms with Crippen LogP contribution in [0.15, 0.2) is 22.0 Å². The van der Waals surface area contributed by atoms with Crippen LogP contribution < -0.4 is 5.73 Å². The number of ketones is 1. The zero-order chi connectivity index (χ0) is 13.4. The summed E-state index contributed by atoms with van der Waals surface area (Å²) in [5.41, 5.74) is 6.31. The molecule has 1 aromatic heterocycles. The van der Waals surface area contributed by atoms with Crippen LogP contribution in [0.4, 0.5) is 10.1 Å². The molecule has 0 atom stereocenters. The van der Waals surface area contributed by atoms with Crippen molar-refractivity contribution in [2.24, 2.45) is 0 Å². The summed E-state index contributed by atoms with van der Waals surface area (Å²) < 4.78 is 14.6. The lowest BCUT2D eigenvalue weighted by molar-refractivity contribution is 0.103. The van der Waals surface area contributed by atoms with Crippen molar-refractivity contribution in [3.63, 3.8) is 0 Å². The second-order valence-electron chi connectivity index (χ2n) is 3.76. The standard InChI is InChI=1S/C12H8BrClFNOS/c1-5-2-6(16)3-7(10(5)15)11(17)9-4-8(14)12(13)18-9/h2-4H,16H2,1H3. The predicted molar refractivity (Wildman–Crippen MR) is 76.0 cm³/mol. The minimum Gasteiger partial charge on any atom is -0.399 e. The fourth-order valence-corrected chi connectivity index (χ4v) is 3.21. The third-order valence-electron chi connectivity index (χ3n) is 2.39. The maximum Gasteiger partial charge on any atom is 0.206 e. The topological polar surface area (TPSA) is 43.1 Å². The van der Waals surface area contributed by atoms with Gasteiger partial charge in [-0.1, -0.05) is 11.6 Å². The van der Waals surface area contributed by atoms with E-state index in [1.54, 1.807) is 6.92 Å². The molecule has 2 rings (SSSR count). The molecule has 6 heteroatoms. The molecule has 0 aliphatic carbocycles. The summed E-state index contributed by atoms with van der Waals surface area (Å²) in [6, 6.07) is 4.34. The van der Waals surface area contributed by atoms with Crippen LogP contribution in [0.2, 0.25) is 5.02 Å². The molecule has 18 heavy (non-hydrogen) atoms. The number of nitrogen functional groups attached to an aromatic ring is 1. The van der Waals surface area contributed by atoms with Crippen LogP contribution in [0.25, 0.3) is 0 Å². The molecule has 2 N–H and O–H groups in total. The molecule has 0 aliphatic heterocycles. The van der Waals surface area contributed by atoms with Gasteiger partial charge in [0.2, 0.25) is 5.78 Å². The number of thiophene rings is 1. The van der Waals surface area contributed by atoms with Crippen molar-refractivity contribution in [1.29, 1.82) is 0 Å². The highest BCUT2D eigenvalue weighted by atomic mass is 79.9. The number of halogens is 3. The third kappa shape index (κ3) is 2.43. The van der Waals surface area contributed by atoms with Crippen LogP contribution in [0.3, 0.4) is 0 Å². The van der Waals surface area contributed by atoms with Crippen molar-refractivity contribution in [2.75, 3.05) is 5.73 Å². The van der Waals surface area contributed by atoms with Gasteiger partial charge in [0.15, 0.2) is 0 Å². The van der Waals surface area contributed by atoms with Crippen LogP contribution in [0, 0.1) is 12.7 Å². The van der Waals surface area contributed by atoms with E-state index in [-0.39, 0.29) is 5.56 Å². The number of carbonyl (C=O) groups is 1. The minimum absolute atomic E-state index is 0.0297. The molecule has 0 bridgehead atoms. The van der Waals surface area contributed by atoms with Gasteiger partial charge in [-0.3, -0.25) is 4.79 Å². The van der Waals surface area contributed by atoms with Gasteiger partial charge in [0, 0.05) is 5.69 Å². The summed E-state index contributed by atoms with van der Waals surface area (Å²) in [5.74, 6) is -0.963. The zero-order valence-electron chi connectivity index (χ0n) is 9.26. The molecule has 94 valence electrons. The Kier molecular flexibility index (Phi) is 3.75. The molecule has 0 spiro atoms. The van der Waals surface area contributed by atoms with E-state index in [0.29, 0.717) is 24.9 Å². The Labute approximate surface area is 121 Å². The molecule has 0 saturated carbocycles. The van der Waals surface area contributed by atoms with Gasteiger partial charge in [-0.15, -0.1) is 11.3 Å². The number of benzene rings is 1. The smallest absolute Gasteiger partial charge is 0.206 e. The van der Waals surface area contributed by atoms with Crippen LogP contribution in [0.1, 0.15) is 20.8 Å². The lowest BCUT2D eigenvalue weighted by Gasteiger charge is -2.05. The van der Waals surface area contributed by atoms with E-state index in [4.69, 9.17) is 17.3 Å². The summed E-state index contributed by atoms with van der Waals surface area (Å²) in [6.45, 7) is 1.57. The van der Waals surface area contributed by atoms with Crippen molar-refractivity contribution < 1.29 is 9.18 Å². The Morgan fingerprint density at radius 2 is 2.11 bits per heavy atom. The lowest BCUT2D eigenvalue weighted by atomic mass is 10.0. The molecule has 0 aliphatic rings. The first-order chi connectivity index (χ1) is 8.40. The first-order valence-corrected chi connectivity index (χ1v) is 6.94. The van der Waals surface area contributed by atoms with E-state index in [2.05, 4.69) is 15.9 Å². The van der Waals surface area contributed by atoms with Crippen molar-refractivity contribution in [2.45, 2.75) is 6.92 Å². The van der Waals surface area contributed by atoms with E-state index in [9.17, 15) is 9.18 Å². The van der Waals surface area contributed by atoms with Crippen molar-refractivity contribution in [3.05, 3.63) is 48.8 Å². The van der Waals surface area contributed by atoms with Crippen molar-refractivity contribution in [1.82, 2.24) is 0 Å². The van der Waals surface area contributed by atoms with E-state index in [1.165, 1.54) is 29.5 Å². The fourth-order valence-electron chi connectivity index (χ4n) is 1.55. The molecule has 1 aromatic carbocycles. The average molecular weight is 349 g/mol. The van der Waals surface area contributed by atoms with Gasteiger partial charge in [-0.05, 0) is 46.6 Å². The number of aryl methyl sites for hydroxylation is 1. The highest BCUT2D eigenvalue weighted by Crippen LogP contribution is 2.34. The van der Waals surface area contributed by atoms with Crippen LogP contribution >= 0.6 is 38.9 Å². The molecular formula is C12H8BrClFNOS. The maximum atomic E-state index is 13.9. The fraction of sp³-hybridized carbons (Fsp3) is 0.0833. The second kappa shape index (κ2) is 4.99. The molecule has 1 heterocycles. The van der Waals surface area contributed by atoms with Crippen molar-refractivity contribution in [3.8, 4) is 0 Å². The van der Waals surface area contributed by atoms with Crippen LogP contribution in [-0.2, 0) is 0 Å². The monoisotopic (exact) mass is 347 g/mol. The van der Waals surface area contributed by atoms with Gasteiger partial charge in [-0.25, -0.2) is 4.39 Å². The molecule has 2 nitrogen and oxygen atoms in total. The number of hydrogen-bond donors (Lipinski definition) is 1. The molecule has 0 unspecified atom stereocenters. The number of anilines is 1. The van der Waals surface area contributed by atoms with Crippen LogP contribution in [0.5, 0.6) is 0 Å². The molecule has 0 saturated heterocycles. The molecule has 0 amide bonds. The van der Waals surface area contributed by atoms with Gasteiger partial charge in [-0.2, -0.15) is 0 Å². The maximum absolute atomic E-state index is 13.9. The van der Waals surface area contributed by atoms with E-state index in [0.717, 1.165) is 0 Å². The highest BCUT2D eigenvalue weighted by Gasteiger charge is 2.19. The first kappa shape index (κ1) is 13.5. The van der Waals surface area contributed by atoms with Gasteiger partial charge in [0.05, 0.1) is 19.2 Å². The molecule has 0 radical (unpaired) electrons. The van der Waals surface area contributed by atoms with Gasteiger partial charge in [0.25, 0.3) is 0 Å². The predicted octanol–water partition coefficient (Wildman–Crippen LogP) is 4.42. The van der Waals surface area contributed by atoms with Gasteiger partial charge >= 0.3 is 0 Å². The Bertz CT molecular complexity index is 622. The SMILES string of the molecule is Cc1cc(N)cc(C(=O)c2cc(Cl)c(Br)s2)c1F. The average Bonchev–Trinajstić information content (AvgIpc) is 2.63. The first-order valence-electron chi connectivity index (χ1n) is 4.95. The number of nitrogens with two attached hydrogens (primary N) is 1. The zero-order valence-corrected chi connectivity index (χ0v) is 12.4. The largest absolute Gasteiger partial charge is 0.399 e. The summed E-state index contributed by atoms with van der Waals surface area (Å²) in [4.78, 5) is 12.5. The Morgan fingerprint density at radius 3 is 2.67 bits per heavy atom. The van der Waals surface area contributed by atoms with E-state index in [1.807, 2.05) is 0 Å². The number of rotatable bonds is 2. The van der Waals surface area contributed by atoms with Crippen LogP contribution in [-0.4, -0.2) is 5.78 Å². The van der Waals surface area contributed by atoms with E-state index >= 15 is 0 Å². The quantitative estimate of drug-likeness (QED) is 0.644.